The number of aliphatic hydroxyl groups is 1. The minimum Gasteiger partial charge on any atom is -0.481 e. The molecule has 1 aromatic carbocycles. The van der Waals surface area contributed by atoms with Gasteiger partial charge >= 0.3 is 5.97 Å². The van der Waals surface area contributed by atoms with Gasteiger partial charge in [0.1, 0.15) is 5.82 Å². The fraction of sp³-hybridized carbons (Fsp3) is 0.364. The topological polar surface area (TPSA) is 57.5 Å². The zero-order chi connectivity index (χ0) is 11.4. The Morgan fingerprint density at radius 1 is 1.40 bits per heavy atom. The second-order valence-corrected chi connectivity index (χ2v) is 3.53. The van der Waals surface area contributed by atoms with Gasteiger partial charge in [0.2, 0.25) is 0 Å². The molecule has 1 aromatic rings. The van der Waals surface area contributed by atoms with Crippen molar-refractivity contribution < 1.29 is 19.4 Å². The van der Waals surface area contributed by atoms with Gasteiger partial charge < -0.3 is 10.2 Å². The summed E-state index contributed by atoms with van der Waals surface area (Å²) in [6.45, 7) is 1.53. The zero-order valence-corrected chi connectivity index (χ0v) is 8.35. The number of halogens is 1. The van der Waals surface area contributed by atoms with E-state index in [4.69, 9.17) is 10.2 Å². The summed E-state index contributed by atoms with van der Waals surface area (Å²) in [5.74, 6) is -2.20. The number of hydrogen-bond donors (Lipinski definition) is 2. The molecule has 0 saturated heterocycles. The van der Waals surface area contributed by atoms with Gasteiger partial charge in [-0.1, -0.05) is 12.1 Å². The zero-order valence-electron chi connectivity index (χ0n) is 8.35. The van der Waals surface area contributed by atoms with Crippen molar-refractivity contribution in [2.75, 3.05) is 0 Å². The number of carboxylic acids is 1. The van der Waals surface area contributed by atoms with Crippen LogP contribution in [0.1, 0.15) is 24.8 Å². The van der Waals surface area contributed by atoms with Gasteiger partial charge in [0.25, 0.3) is 0 Å². The number of carboxylic acid groups (broad SMARTS) is 1. The third kappa shape index (κ3) is 3.32. The number of carbonyl (C=O) groups is 1. The second kappa shape index (κ2) is 4.89. The number of aliphatic hydroxyl groups excluding tert-OH is 1. The van der Waals surface area contributed by atoms with Crippen LogP contribution in [-0.2, 0) is 4.79 Å². The Labute approximate surface area is 87.2 Å². The molecule has 2 unspecified atom stereocenters. The molecular weight excluding hydrogens is 199 g/mol. The standard InChI is InChI=1S/C11H13FO3/c1-7(13)6-10(11(14)15)8-2-4-9(12)5-3-8/h2-5,7,10,13H,6H2,1H3,(H,14,15). The molecule has 15 heavy (non-hydrogen) atoms. The lowest BCUT2D eigenvalue weighted by Gasteiger charge is -2.14. The van der Waals surface area contributed by atoms with Crippen molar-refractivity contribution >= 4 is 5.97 Å². The molecule has 2 N–H and O–H groups in total. The predicted molar refractivity (Wildman–Crippen MR) is 53.1 cm³/mol. The molecule has 1 rings (SSSR count). The fourth-order valence-corrected chi connectivity index (χ4v) is 1.42. The van der Waals surface area contributed by atoms with E-state index in [1.807, 2.05) is 0 Å². The van der Waals surface area contributed by atoms with E-state index in [0.717, 1.165) is 0 Å². The van der Waals surface area contributed by atoms with E-state index >= 15 is 0 Å². The molecule has 0 aromatic heterocycles. The minimum atomic E-state index is -1.01. The van der Waals surface area contributed by atoms with E-state index < -0.39 is 23.8 Å². The monoisotopic (exact) mass is 212 g/mol. The molecule has 0 spiro atoms. The van der Waals surface area contributed by atoms with Crippen molar-refractivity contribution in [2.45, 2.75) is 25.4 Å². The Kier molecular flexibility index (Phi) is 3.80. The highest BCUT2D eigenvalue weighted by Crippen LogP contribution is 2.21. The molecule has 0 aliphatic heterocycles. The van der Waals surface area contributed by atoms with Gasteiger partial charge in [-0.2, -0.15) is 0 Å². The van der Waals surface area contributed by atoms with Crippen molar-refractivity contribution in [1.29, 1.82) is 0 Å². The van der Waals surface area contributed by atoms with Crippen LogP contribution in [0.5, 0.6) is 0 Å². The van der Waals surface area contributed by atoms with Gasteiger partial charge in [0.15, 0.2) is 0 Å². The Morgan fingerprint density at radius 3 is 2.33 bits per heavy atom. The third-order valence-electron chi connectivity index (χ3n) is 2.15. The lowest BCUT2D eigenvalue weighted by molar-refractivity contribution is -0.139. The van der Waals surface area contributed by atoms with Gasteiger partial charge in [-0.15, -0.1) is 0 Å². The average molecular weight is 212 g/mol. The normalized spacial score (nSPS) is 14.6. The summed E-state index contributed by atoms with van der Waals surface area (Å²) in [5.41, 5.74) is 0.504. The highest BCUT2D eigenvalue weighted by Gasteiger charge is 2.21. The lowest BCUT2D eigenvalue weighted by Crippen LogP contribution is -2.17. The SMILES string of the molecule is CC(O)CC(C(=O)O)c1ccc(F)cc1. The number of rotatable bonds is 4. The highest BCUT2D eigenvalue weighted by molar-refractivity contribution is 5.76. The van der Waals surface area contributed by atoms with Gasteiger partial charge in [-0.25, -0.2) is 4.39 Å². The van der Waals surface area contributed by atoms with Gasteiger partial charge in [0.05, 0.1) is 12.0 Å². The van der Waals surface area contributed by atoms with Crippen LogP contribution in [0.4, 0.5) is 4.39 Å². The first-order chi connectivity index (χ1) is 7.00. The van der Waals surface area contributed by atoms with Crippen LogP contribution in [-0.4, -0.2) is 22.3 Å². The molecule has 0 aliphatic rings. The number of hydrogen-bond acceptors (Lipinski definition) is 2. The van der Waals surface area contributed by atoms with Crippen LogP contribution in [0.15, 0.2) is 24.3 Å². The van der Waals surface area contributed by atoms with Crippen LogP contribution in [0.2, 0.25) is 0 Å². The van der Waals surface area contributed by atoms with E-state index in [1.54, 1.807) is 0 Å². The highest BCUT2D eigenvalue weighted by atomic mass is 19.1. The first-order valence-corrected chi connectivity index (χ1v) is 4.67. The largest absolute Gasteiger partial charge is 0.481 e. The number of aliphatic carboxylic acids is 1. The average Bonchev–Trinajstić information content (AvgIpc) is 2.15. The van der Waals surface area contributed by atoms with Crippen LogP contribution >= 0.6 is 0 Å². The van der Waals surface area contributed by atoms with E-state index in [2.05, 4.69) is 0 Å². The van der Waals surface area contributed by atoms with Crippen molar-refractivity contribution in [3.8, 4) is 0 Å². The van der Waals surface area contributed by atoms with E-state index in [-0.39, 0.29) is 6.42 Å². The smallest absolute Gasteiger partial charge is 0.311 e. The molecule has 3 nitrogen and oxygen atoms in total. The molecular formula is C11H13FO3. The van der Waals surface area contributed by atoms with Gasteiger partial charge in [-0.05, 0) is 31.0 Å². The summed E-state index contributed by atoms with van der Waals surface area (Å²) >= 11 is 0. The van der Waals surface area contributed by atoms with E-state index in [0.29, 0.717) is 5.56 Å². The summed E-state index contributed by atoms with van der Waals surface area (Å²) < 4.78 is 12.6. The van der Waals surface area contributed by atoms with Crippen molar-refractivity contribution in [2.24, 2.45) is 0 Å². The Hall–Kier alpha value is -1.42. The molecule has 2 atom stereocenters. The third-order valence-corrected chi connectivity index (χ3v) is 2.15. The molecule has 0 amide bonds. The summed E-state index contributed by atoms with van der Waals surface area (Å²) in [6.07, 6.45) is -0.572. The molecule has 0 bridgehead atoms. The van der Waals surface area contributed by atoms with Crippen LogP contribution in [0.25, 0.3) is 0 Å². The van der Waals surface area contributed by atoms with Crippen molar-refractivity contribution in [1.82, 2.24) is 0 Å². The van der Waals surface area contributed by atoms with Crippen LogP contribution < -0.4 is 0 Å². The fourth-order valence-electron chi connectivity index (χ4n) is 1.42. The maximum absolute atomic E-state index is 12.6. The van der Waals surface area contributed by atoms with Gasteiger partial charge in [0, 0.05) is 0 Å². The molecule has 0 radical (unpaired) electrons. The quantitative estimate of drug-likeness (QED) is 0.799. The van der Waals surface area contributed by atoms with Gasteiger partial charge in [-0.3, -0.25) is 4.79 Å². The van der Waals surface area contributed by atoms with Crippen molar-refractivity contribution in [3.63, 3.8) is 0 Å². The lowest BCUT2D eigenvalue weighted by atomic mass is 9.94. The van der Waals surface area contributed by atoms with Crippen LogP contribution in [0, 0.1) is 5.82 Å². The maximum atomic E-state index is 12.6. The summed E-state index contributed by atoms with van der Waals surface area (Å²) in [6, 6.07) is 5.29. The number of benzene rings is 1. The molecule has 0 fully saturated rings. The Bertz CT molecular complexity index is 332. The van der Waals surface area contributed by atoms with E-state index in [1.165, 1.54) is 31.2 Å². The van der Waals surface area contributed by atoms with Crippen molar-refractivity contribution in [3.05, 3.63) is 35.6 Å². The minimum absolute atomic E-state index is 0.126. The molecule has 0 saturated carbocycles. The molecule has 82 valence electrons. The first kappa shape index (κ1) is 11.7. The Balaban J connectivity index is 2.89. The molecule has 0 aliphatic carbocycles. The second-order valence-electron chi connectivity index (χ2n) is 3.53. The predicted octanol–water partition coefficient (Wildman–Crippen LogP) is 1.76. The Morgan fingerprint density at radius 2 is 1.93 bits per heavy atom. The molecule has 0 heterocycles. The summed E-state index contributed by atoms with van der Waals surface area (Å²) in [7, 11) is 0. The summed E-state index contributed by atoms with van der Waals surface area (Å²) in [4.78, 5) is 10.9. The maximum Gasteiger partial charge on any atom is 0.311 e. The first-order valence-electron chi connectivity index (χ1n) is 4.67. The van der Waals surface area contributed by atoms with E-state index in [9.17, 15) is 9.18 Å². The summed E-state index contributed by atoms with van der Waals surface area (Å²) in [5, 5.41) is 18.1. The van der Waals surface area contributed by atoms with Crippen LogP contribution in [0.3, 0.4) is 0 Å². The molecule has 4 heteroatoms.